The van der Waals surface area contributed by atoms with Gasteiger partial charge in [0, 0.05) is 0 Å². The van der Waals surface area contributed by atoms with E-state index in [-0.39, 0.29) is 5.97 Å². The molecule has 0 atom stereocenters. The molecule has 0 radical (unpaired) electrons. The number of benzene rings is 1. The van der Waals surface area contributed by atoms with E-state index in [0.717, 1.165) is 5.56 Å². The van der Waals surface area contributed by atoms with Crippen molar-refractivity contribution in [3.63, 3.8) is 0 Å². The highest BCUT2D eigenvalue weighted by Gasteiger charge is 2.06. The first-order valence-electron chi connectivity index (χ1n) is 5.35. The Morgan fingerprint density at radius 3 is 2.33 bits per heavy atom. The summed E-state index contributed by atoms with van der Waals surface area (Å²) in [4.78, 5) is 21.7. The van der Waals surface area contributed by atoms with Gasteiger partial charge in [0.15, 0.2) is 0 Å². The lowest BCUT2D eigenvalue weighted by atomic mass is 10.1. The standard InChI is InChI=1S/C12H14N2O4/c1-3-18-11(15)10-6-4-9(5-7-10)8(2)13-14-12(16)17/h4-7,14H,3H2,1-2H3,(H,16,17)/b13-8-. The fourth-order valence-corrected chi connectivity index (χ4v) is 1.26. The van der Waals surface area contributed by atoms with Crippen LogP contribution in [0.1, 0.15) is 29.8 Å². The first kappa shape index (κ1) is 13.7. The van der Waals surface area contributed by atoms with Crippen LogP contribution in [0, 0.1) is 0 Å². The van der Waals surface area contributed by atoms with Crippen LogP contribution >= 0.6 is 0 Å². The molecule has 0 saturated heterocycles. The Labute approximate surface area is 104 Å². The minimum Gasteiger partial charge on any atom is -0.464 e. The molecule has 0 bridgehead atoms. The molecule has 0 aliphatic rings. The number of hydrazone groups is 1. The Balaban J connectivity index is 2.79. The predicted molar refractivity (Wildman–Crippen MR) is 65.8 cm³/mol. The number of hydrogen-bond donors (Lipinski definition) is 2. The van der Waals surface area contributed by atoms with Crippen molar-refractivity contribution in [3.05, 3.63) is 35.4 Å². The van der Waals surface area contributed by atoms with Gasteiger partial charge in [0.1, 0.15) is 0 Å². The van der Waals surface area contributed by atoms with E-state index in [1.54, 1.807) is 38.1 Å². The fraction of sp³-hybridized carbons (Fsp3) is 0.250. The Bertz CT molecular complexity index is 465. The second-order valence-electron chi connectivity index (χ2n) is 3.41. The molecular weight excluding hydrogens is 236 g/mol. The molecule has 1 amide bonds. The second kappa shape index (κ2) is 6.39. The molecule has 0 fully saturated rings. The van der Waals surface area contributed by atoms with Crippen LogP contribution in [-0.4, -0.2) is 29.5 Å². The van der Waals surface area contributed by atoms with Crippen LogP contribution in [0.5, 0.6) is 0 Å². The van der Waals surface area contributed by atoms with Gasteiger partial charge in [-0.15, -0.1) is 0 Å². The van der Waals surface area contributed by atoms with Gasteiger partial charge in [-0.3, -0.25) is 0 Å². The zero-order chi connectivity index (χ0) is 13.5. The molecule has 0 aromatic heterocycles. The van der Waals surface area contributed by atoms with Gasteiger partial charge in [-0.25, -0.2) is 15.0 Å². The SMILES string of the molecule is CCOC(=O)c1ccc(/C(C)=N\NC(=O)O)cc1. The molecule has 0 saturated carbocycles. The van der Waals surface area contributed by atoms with E-state index in [1.165, 1.54) is 0 Å². The van der Waals surface area contributed by atoms with Gasteiger partial charge in [-0.2, -0.15) is 5.10 Å². The monoisotopic (exact) mass is 250 g/mol. The van der Waals surface area contributed by atoms with E-state index >= 15 is 0 Å². The van der Waals surface area contributed by atoms with Gasteiger partial charge in [0.05, 0.1) is 17.9 Å². The number of nitrogens with one attached hydrogen (secondary N) is 1. The molecule has 0 spiro atoms. The van der Waals surface area contributed by atoms with Gasteiger partial charge in [0.25, 0.3) is 0 Å². The molecule has 0 aliphatic carbocycles. The lowest BCUT2D eigenvalue weighted by molar-refractivity contribution is 0.0526. The Morgan fingerprint density at radius 1 is 1.28 bits per heavy atom. The number of hydrogen-bond acceptors (Lipinski definition) is 4. The lowest BCUT2D eigenvalue weighted by Gasteiger charge is -2.03. The molecule has 6 heteroatoms. The second-order valence-corrected chi connectivity index (χ2v) is 3.41. The zero-order valence-corrected chi connectivity index (χ0v) is 10.1. The van der Waals surface area contributed by atoms with E-state index in [9.17, 15) is 9.59 Å². The summed E-state index contributed by atoms with van der Waals surface area (Å²) in [6.07, 6.45) is -1.22. The molecule has 2 N–H and O–H groups in total. The average Bonchev–Trinajstić information content (AvgIpc) is 2.36. The number of nitrogens with zero attached hydrogens (tertiary/aromatic N) is 1. The first-order chi connectivity index (χ1) is 8.54. The van der Waals surface area contributed by atoms with Gasteiger partial charge in [-0.05, 0) is 31.5 Å². The summed E-state index contributed by atoms with van der Waals surface area (Å²) >= 11 is 0. The summed E-state index contributed by atoms with van der Waals surface area (Å²) in [5, 5.41) is 12.1. The van der Waals surface area contributed by atoms with Gasteiger partial charge < -0.3 is 9.84 Å². The van der Waals surface area contributed by atoms with Crippen LogP contribution < -0.4 is 5.43 Å². The Morgan fingerprint density at radius 2 is 1.83 bits per heavy atom. The summed E-state index contributed by atoms with van der Waals surface area (Å²) in [5.74, 6) is -0.387. The summed E-state index contributed by atoms with van der Waals surface area (Å²) in [7, 11) is 0. The number of amides is 1. The third-order valence-corrected chi connectivity index (χ3v) is 2.13. The first-order valence-corrected chi connectivity index (χ1v) is 5.35. The highest BCUT2D eigenvalue weighted by Crippen LogP contribution is 2.07. The van der Waals surface area contributed by atoms with Crippen molar-refractivity contribution in [1.82, 2.24) is 5.43 Å². The van der Waals surface area contributed by atoms with Crippen molar-refractivity contribution < 1.29 is 19.4 Å². The molecule has 0 heterocycles. The van der Waals surface area contributed by atoms with Crippen LogP contribution in [-0.2, 0) is 4.74 Å². The van der Waals surface area contributed by atoms with Gasteiger partial charge in [-0.1, -0.05) is 12.1 Å². The van der Waals surface area contributed by atoms with E-state index in [4.69, 9.17) is 9.84 Å². The number of rotatable bonds is 4. The maximum atomic E-state index is 11.4. The summed E-state index contributed by atoms with van der Waals surface area (Å²) in [6, 6.07) is 6.56. The van der Waals surface area contributed by atoms with E-state index < -0.39 is 6.09 Å². The predicted octanol–water partition coefficient (Wildman–Crippen LogP) is 1.85. The van der Waals surface area contributed by atoms with Crippen LogP contribution in [0.3, 0.4) is 0 Å². The summed E-state index contributed by atoms with van der Waals surface area (Å²) < 4.78 is 4.85. The molecule has 0 unspecified atom stereocenters. The number of esters is 1. The van der Waals surface area contributed by atoms with E-state index in [1.807, 2.05) is 5.43 Å². The van der Waals surface area contributed by atoms with Crippen LogP contribution in [0.15, 0.2) is 29.4 Å². The molecule has 96 valence electrons. The number of carbonyl (C=O) groups excluding carboxylic acids is 1. The van der Waals surface area contributed by atoms with Crippen LogP contribution in [0.2, 0.25) is 0 Å². The van der Waals surface area contributed by atoms with Gasteiger partial charge >= 0.3 is 12.1 Å². The van der Waals surface area contributed by atoms with Crippen molar-refractivity contribution in [1.29, 1.82) is 0 Å². The lowest BCUT2D eigenvalue weighted by Crippen LogP contribution is -2.16. The fourth-order valence-electron chi connectivity index (χ4n) is 1.26. The third-order valence-electron chi connectivity index (χ3n) is 2.13. The Kier molecular flexibility index (Phi) is 4.86. The smallest absolute Gasteiger partial charge is 0.425 e. The molecule has 1 aromatic carbocycles. The normalized spacial score (nSPS) is 10.9. The highest BCUT2D eigenvalue weighted by atomic mass is 16.5. The van der Waals surface area contributed by atoms with Crippen molar-refractivity contribution in [3.8, 4) is 0 Å². The number of ether oxygens (including phenoxy) is 1. The molecule has 6 nitrogen and oxygen atoms in total. The molecule has 1 rings (SSSR count). The zero-order valence-electron chi connectivity index (χ0n) is 10.1. The maximum absolute atomic E-state index is 11.4. The van der Waals surface area contributed by atoms with E-state index in [2.05, 4.69) is 5.10 Å². The maximum Gasteiger partial charge on any atom is 0.425 e. The number of carboxylic acid groups (broad SMARTS) is 1. The van der Waals surface area contributed by atoms with Crippen molar-refractivity contribution >= 4 is 17.8 Å². The van der Waals surface area contributed by atoms with E-state index in [0.29, 0.717) is 17.9 Å². The van der Waals surface area contributed by atoms with Gasteiger partial charge in [0.2, 0.25) is 0 Å². The topological polar surface area (TPSA) is 88.0 Å². The van der Waals surface area contributed by atoms with Crippen molar-refractivity contribution in [2.75, 3.05) is 6.61 Å². The molecule has 18 heavy (non-hydrogen) atoms. The highest BCUT2D eigenvalue weighted by molar-refractivity contribution is 6.00. The summed E-state index contributed by atoms with van der Waals surface area (Å²) in [5.41, 5.74) is 3.58. The quantitative estimate of drug-likeness (QED) is 0.485. The minimum atomic E-state index is -1.22. The number of carbonyl (C=O) groups is 2. The molecule has 1 aromatic rings. The minimum absolute atomic E-state index is 0.323. The molecule has 0 aliphatic heterocycles. The molecular formula is C12H14N2O4. The average molecular weight is 250 g/mol. The van der Waals surface area contributed by atoms with Crippen LogP contribution in [0.25, 0.3) is 0 Å². The van der Waals surface area contributed by atoms with Crippen molar-refractivity contribution in [2.24, 2.45) is 5.10 Å². The largest absolute Gasteiger partial charge is 0.464 e. The summed E-state index contributed by atoms with van der Waals surface area (Å²) in [6.45, 7) is 3.72. The van der Waals surface area contributed by atoms with Crippen LogP contribution in [0.4, 0.5) is 4.79 Å². The third kappa shape index (κ3) is 3.89. The van der Waals surface area contributed by atoms with Crippen molar-refractivity contribution in [2.45, 2.75) is 13.8 Å². The Hall–Kier alpha value is -2.37.